The summed E-state index contributed by atoms with van der Waals surface area (Å²) in [6.07, 6.45) is 4.45. The average Bonchev–Trinajstić information content (AvgIpc) is 2.74. The number of benzene rings is 1. The fourth-order valence-corrected chi connectivity index (χ4v) is 2.88. The summed E-state index contributed by atoms with van der Waals surface area (Å²) in [4.78, 5) is 0. The molecule has 2 nitrogen and oxygen atoms in total. The van der Waals surface area contributed by atoms with E-state index in [1.807, 2.05) is 7.05 Å². The van der Waals surface area contributed by atoms with E-state index < -0.39 is 0 Å². The van der Waals surface area contributed by atoms with Crippen molar-refractivity contribution in [3.05, 3.63) is 35.4 Å². The maximum Gasteiger partial charge on any atom is 0.0586 e. The van der Waals surface area contributed by atoms with Gasteiger partial charge >= 0.3 is 0 Å². The van der Waals surface area contributed by atoms with Gasteiger partial charge in [0, 0.05) is 6.54 Å². The van der Waals surface area contributed by atoms with Crippen LogP contribution in [0.5, 0.6) is 0 Å². The Morgan fingerprint density at radius 3 is 2.83 bits per heavy atom. The second kappa shape index (κ2) is 6.35. The maximum atomic E-state index is 5.96. The van der Waals surface area contributed by atoms with Gasteiger partial charge in [-0.15, -0.1) is 0 Å². The molecule has 1 saturated heterocycles. The van der Waals surface area contributed by atoms with Gasteiger partial charge in [-0.1, -0.05) is 29.8 Å². The first-order chi connectivity index (χ1) is 8.69. The van der Waals surface area contributed by atoms with Crippen LogP contribution in [0.1, 0.15) is 43.2 Å². The zero-order valence-electron chi connectivity index (χ0n) is 11.8. The molecule has 0 amide bonds. The van der Waals surface area contributed by atoms with Crippen LogP contribution >= 0.6 is 0 Å². The molecule has 0 saturated carbocycles. The summed E-state index contributed by atoms with van der Waals surface area (Å²) in [7, 11) is 2.03. The van der Waals surface area contributed by atoms with E-state index in [9.17, 15) is 0 Å². The van der Waals surface area contributed by atoms with Gasteiger partial charge in [0.15, 0.2) is 0 Å². The molecule has 1 aliphatic rings. The Morgan fingerprint density at radius 1 is 1.39 bits per heavy atom. The van der Waals surface area contributed by atoms with Crippen LogP contribution in [0, 0.1) is 6.92 Å². The van der Waals surface area contributed by atoms with Crippen molar-refractivity contribution >= 4 is 0 Å². The van der Waals surface area contributed by atoms with Gasteiger partial charge < -0.3 is 10.1 Å². The Kier molecular flexibility index (Phi) is 4.79. The van der Waals surface area contributed by atoms with Crippen LogP contribution in [-0.4, -0.2) is 25.8 Å². The molecule has 18 heavy (non-hydrogen) atoms. The van der Waals surface area contributed by atoms with E-state index in [-0.39, 0.29) is 0 Å². The summed E-state index contributed by atoms with van der Waals surface area (Å²) >= 11 is 0. The molecule has 0 spiro atoms. The minimum atomic E-state index is 0.443. The predicted octanol–water partition coefficient (Wildman–Crippen LogP) is 3.26. The highest BCUT2D eigenvalue weighted by atomic mass is 16.5. The van der Waals surface area contributed by atoms with Crippen molar-refractivity contribution in [2.75, 3.05) is 13.6 Å². The van der Waals surface area contributed by atoms with E-state index >= 15 is 0 Å². The van der Waals surface area contributed by atoms with Crippen LogP contribution in [0.4, 0.5) is 0 Å². The largest absolute Gasteiger partial charge is 0.375 e. The number of hydrogen-bond acceptors (Lipinski definition) is 2. The molecule has 100 valence electrons. The molecule has 0 bridgehead atoms. The van der Waals surface area contributed by atoms with E-state index in [1.54, 1.807) is 0 Å². The zero-order valence-corrected chi connectivity index (χ0v) is 11.8. The highest BCUT2D eigenvalue weighted by Gasteiger charge is 2.25. The number of likely N-dealkylation sites (N-methyl/N-ethyl adjacent to an activating group) is 1. The normalized spacial score (nSPS) is 25.3. The second-order valence-electron chi connectivity index (χ2n) is 5.55. The molecule has 1 heterocycles. The fourth-order valence-electron chi connectivity index (χ4n) is 2.88. The summed E-state index contributed by atoms with van der Waals surface area (Å²) in [6, 6.07) is 8.87. The van der Waals surface area contributed by atoms with Crippen molar-refractivity contribution in [2.24, 2.45) is 0 Å². The predicted molar refractivity (Wildman–Crippen MR) is 76.0 cm³/mol. The highest BCUT2D eigenvalue weighted by molar-refractivity contribution is 5.26. The third kappa shape index (κ3) is 3.56. The van der Waals surface area contributed by atoms with E-state index in [0.29, 0.717) is 18.1 Å². The van der Waals surface area contributed by atoms with Crippen LogP contribution in [-0.2, 0) is 4.74 Å². The molecule has 0 aliphatic carbocycles. The summed E-state index contributed by atoms with van der Waals surface area (Å²) in [6.45, 7) is 5.37. The second-order valence-corrected chi connectivity index (χ2v) is 5.55. The van der Waals surface area contributed by atoms with Crippen molar-refractivity contribution in [1.82, 2.24) is 5.32 Å². The van der Waals surface area contributed by atoms with Crippen molar-refractivity contribution < 1.29 is 4.74 Å². The first kappa shape index (κ1) is 13.6. The van der Waals surface area contributed by atoms with Crippen molar-refractivity contribution in [3.63, 3.8) is 0 Å². The van der Waals surface area contributed by atoms with Gasteiger partial charge in [-0.05, 0) is 51.6 Å². The monoisotopic (exact) mass is 247 g/mol. The van der Waals surface area contributed by atoms with Crippen LogP contribution in [0.25, 0.3) is 0 Å². The maximum absolute atomic E-state index is 5.96. The molecule has 1 N–H and O–H groups in total. The van der Waals surface area contributed by atoms with E-state index in [1.165, 1.54) is 24.0 Å². The topological polar surface area (TPSA) is 21.3 Å². The minimum Gasteiger partial charge on any atom is -0.375 e. The summed E-state index contributed by atoms with van der Waals surface area (Å²) < 4.78 is 5.96. The number of nitrogens with one attached hydrogen (secondary N) is 1. The van der Waals surface area contributed by atoms with Gasteiger partial charge in [0.2, 0.25) is 0 Å². The van der Waals surface area contributed by atoms with Crippen molar-refractivity contribution in [1.29, 1.82) is 0 Å². The Morgan fingerprint density at radius 2 is 2.22 bits per heavy atom. The molecule has 3 unspecified atom stereocenters. The Labute approximate surface area is 111 Å². The summed E-state index contributed by atoms with van der Waals surface area (Å²) in [5, 5.41) is 3.32. The Balaban J connectivity index is 2.03. The molecule has 2 heteroatoms. The molecule has 1 fully saturated rings. The Bertz CT molecular complexity index is 377. The van der Waals surface area contributed by atoms with Gasteiger partial charge in [-0.2, -0.15) is 0 Å². The van der Waals surface area contributed by atoms with Crippen LogP contribution in [0.2, 0.25) is 0 Å². The smallest absolute Gasteiger partial charge is 0.0586 e. The standard InChI is InChI=1S/C16H25NO/c1-12-5-4-6-14(9-12)15(11-17-3)10-16-8-7-13(2)18-16/h4-6,9,13,15-17H,7-8,10-11H2,1-3H3. The lowest BCUT2D eigenvalue weighted by atomic mass is 9.91. The van der Waals surface area contributed by atoms with Crippen LogP contribution < -0.4 is 5.32 Å². The van der Waals surface area contributed by atoms with Gasteiger partial charge in [0.05, 0.1) is 12.2 Å². The van der Waals surface area contributed by atoms with Gasteiger partial charge in [0.1, 0.15) is 0 Å². The minimum absolute atomic E-state index is 0.443. The zero-order chi connectivity index (χ0) is 13.0. The number of ether oxygens (including phenoxy) is 1. The molecular formula is C16H25NO. The van der Waals surface area contributed by atoms with E-state index in [0.717, 1.165) is 13.0 Å². The molecule has 1 aromatic carbocycles. The first-order valence-electron chi connectivity index (χ1n) is 7.05. The number of rotatable bonds is 5. The van der Waals surface area contributed by atoms with Crippen molar-refractivity contribution in [3.8, 4) is 0 Å². The van der Waals surface area contributed by atoms with Crippen LogP contribution in [0.15, 0.2) is 24.3 Å². The van der Waals surface area contributed by atoms with E-state index in [4.69, 9.17) is 4.74 Å². The lowest BCUT2D eigenvalue weighted by molar-refractivity contribution is 0.0467. The fraction of sp³-hybridized carbons (Fsp3) is 0.625. The first-order valence-corrected chi connectivity index (χ1v) is 7.05. The molecule has 3 atom stereocenters. The SMILES string of the molecule is CNCC(CC1CCC(C)O1)c1cccc(C)c1. The third-order valence-electron chi connectivity index (χ3n) is 3.83. The molecule has 1 aromatic rings. The number of aryl methyl sites for hydroxylation is 1. The third-order valence-corrected chi connectivity index (χ3v) is 3.83. The van der Waals surface area contributed by atoms with Gasteiger partial charge in [-0.25, -0.2) is 0 Å². The van der Waals surface area contributed by atoms with Crippen molar-refractivity contribution in [2.45, 2.75) is 51.2 Å². The molecular weight excluding hydrogens is 222 g/mol. The summed E-state index contributed by atoms with van der Waals surface area (Å²) in [5.74, 6) is 0.560. The molecule has 0 radical (unpaired) electrons. The quantitative estimate of drug-likeness (QED) is 0.862. The van der Waals surface area contributed by atoms with E-state index in [2.05, 4.69) is 43.4 Å². The lowest BCUT2D eigenvalue weighted by Crippen LogP contribution is -2.22. The lowest BCUT2D eigenvalue weighted by Gasteiger charge is -2.21. The molecule has 0 aromatic heterocycles. The Hall–Kier alpha value is -0.860. The average molecular weight is 247 g/mol. The molecule has 2 rings (SSSR count). The highest BCUT2D eigenvalue weighted by Crippen LogP contribution is 2.29. The van der Waals surface area contributed by atoms with Gasteiger partial charge in [0.25, 0.3) is 0 Å². The van der Waals surface area contributed by atoms with Crippen LogP contribution in [0.3, 0.4) is 0 Å². The molecule has 1 aliphatic heterocycles. The van der Waals surface area contributed by atoms with Gasteiger partial charge in [-0.3, -0.25) is 0 Å². The number of hydrogen-bond donors (Lipinski definition) is 1. The summed E-state index contributed by atoms with van der Waals surface area (Å²) in [5.41, 5.74) is 2.78.